The van der Waals surface area contributed by atoms with Crippen molar-refractivity contribution in [3.05, 3.63) is 28.6 Å². The molecule has 2 heterocycles. The van der Waals surface area contributed by atoms with E-state index in [9.17, 15) is 4.79 Å². The average Bonchev–Trinajstić information content (AvgIpc) is 2.49. The highest BCUT2D eigenvalue weighted by Crippen LogP contribution is 2.14. The zero-order valence-electron chi connectivity index (χ0n) is 6.86. The molecule has 0 amide bonds. The topological polar surface area (TPSA) is 47.3 Å². The number of pyridine rings is 1. The molecule has 0 aliphatic heterocycles. The summed E-state index contributed by atoms with van der Waals surface area (Å²) in [6.45, 7) is 1.47. The Kier molecular flexibility index (Phi) is 1.88. The summed E-state index contributed by atoms with van der Waals surface area (Å²) < 4.78 is 2.45. The molecule has 4 nitrogen and oxygen atoms in total. The maximum absolute atomic E-state index is 11.1. The van der Waals surface area contributed by atoms with Crippen LogP contribution in [0.3, 0.4) is 0 Å². The van der Waals surface area contributed by atoms with Gasteiger partial charge in [0.2, 0.25) is 5.82 Å². The van der Waals surface area contributed by atoms with Crippen molar-refractivity contribution in [2.75, 3.05) is 0 Å². The van der Waals surface area contributed by atoms with Gasteiger partial charge < -0.3 is 0 Å². The van der Waals surface area contributed by atoms with E-state index in [0.717, 1.165) is 4.60 Å². The van der Waals surface area contributed by atoms with Crippen molar-refractivity contribution in [1.82, 2.24) is 14.6 Å². The molecule has 0 fully saturated rings. The van der Waals surface area contributed by atoms with Crippen LogP contribution in [-0.4, -0.2) is 20.4 Å². The molecule has 5 heteroatoms. The normalized spacial score (nSPS) is 10.6. The molecule has 2 aromatic rings. The fourth-order valence-corrected chi connectivity index (χ4v) is 1.63. The molecule has 13 heavy (non-hydrogen) atoms. The summed E-state index contributed by atoms with van der Waals surface area (Å²) in [4.78, 5) is 11.1. The summed E-state index contributed by atoms with van der Waals surface area (Å²) in [6, 6.07) is 5.48. The number of ketones is 1. The average molecular weight is 240 g/mol. The second-order valence-electron chi connectivity index (χ2n) is 2.62. The number of carbonyl (C=O) groups excluding carboxylic acids is 1. The van der Waals surface area contributed by atoms with E-state index in [1.54, 1.807) is 10.5 Å². The molecular weight excluding hydrogens is 234 g/mol. The molecule has 2 aromatic heterocycles. The molecule has 0 saturated carbocycles. The van der Waals surface area contributed by atoms with E-state index in [0.29, 0.717) is 11.5 Å². The lowest BCUT2D eigenvalue weighted by atomic mass is 10.4. The highest BCUT2D eigenvalue weighted by molar-refractivity contribution is 9.10. The van der Waals surface area contributed by atoms with Gasteiger partial charge >= 0.3 is 0 Å². The largest absolute Gasteiger partial charge is 0.291 e. The molecule has 0 unspecified atom stereocenters. The van der Waals surface area contributed by atoms with Crippen LogP contribution in [0.2, 0.25) is 0 Å². The van der Waals surface area contributed by atoms with Gasteiger partial charge in [0, 0.05) is 6.92 Å². The second kappa shape index (κ2) is 2.92. The van der Waals surface area contributed by atoms with E-state index in [1.807, 2.05) is 12.1 Å². The van der Waals surface area contributed by atoms with Gasteiger partial charge in [-0.2, -0.15) is 0 Å². The molecular formula is C8H6BrN3O. The van der Waals surface area contributed by atoms with Crippen molar-refractivity contribution < 1.29 is 4.79 Å². The molecule has 0 spiro atoms. The van der Waals surface area contributed by atoms with E-state index in [1.165, 1.54) is 6.92 Å². The van der Waals surface area contributed by atoms with Gasteiger partial charge in [0.15, 0.2) is 11.4 Å². The van der Waals surface area contributed by atoms with Crippen molar-refractivity contribution >= 4 is 27.4 Å². The van der Waals surface area contributed by atoms with Gasteiger partial charge in [0.1, 0.15) is 0 Å². The van der Waals surface area contributed by atoms with Crippen LogP contribution >= 0.6 is 15.9 Å². The minimum Gasteiger partial charge on any atom is -0.291 e. The Morgan fingerprint density at radius 1 is 1.46 bits per heavy atom. The van der Waals surface area contributed by atoms with E-state index < -0.39 is 0 Å². The van der Waals surface area contributed by atoms with Gasteiger partial charge in [0.05, 0.1) is 4.60 Å². The Balaban J connectivity index is 2.86. The maximum atomic E-state index is 11.1. The van der Waals surface area contributed by atoms with E-state index >= 15 is 0 Å². The minimum absolute atomic E-state index is 0.0978. The first-order chi connectivity index (χ1) is 6.20. The number of nitrogens with zero attached hydrogens (tertiary/aromatic N) is 3. The van der Waals surface area contributed by atoms with Gasteiger partial charge in [-0.1, -0.05) is 6.07 Å². The van der Waals surface area contributed by atoms with Crippen molar-refractivity contribution in [3.8, 4) is 0 Å². The number of Topliss-reactive ketones (excluding diaryl/α,β-unsaturated/α-hetero) is 1. The van der Waals surface area contributed by atoms with E-state index in [4.69, 9.17) is 0 Å². The monoisotopic (exact) mass is 239 g/mol. The number of fused-ring (bicyclic) bond motifs is 1. The molecule has 0 aliphatic rings. The third kappa shape index (κ3) is 1.25. The SMILES string of the molecule is CC(=O)c1nnc2cccc(Br)n12. The molecule has 0 bridgehead atoms. The molecule has 0 N–H and O–H groups in total. The van der Waals surface area contributed by atoms with Crippen molar-refractivity contribution in [3.63, 3.8) is 0 Å². The second-order valence-corrected chi connectivity index (χ2v) is 3.43. The highest BCUT2D eigenvalue weighted by Gasteiger charge is 2.10. The van der Waals surface area contributed by atoms with Crippen LogP contribution in [0.5, 0.6) is 0 Å². The van der Waals surface area contributed by atoms with Gasteiger partial charge in [-0.25, -0.2) is 0 Å². The van der Waals surface area contributed by atoms with Crippen molar-refractivity contribution in [2.45, 2.75) is 6.92 Å². The quantitative estimate of drug-likeness (QED) is 0.563. The Hall–Kier alpha value is -1.23. The third-order valence-corrected chi connectivity index (χ3v) is 2.31. The Labute approximate surface area is 82.7 Å². The summed E-state index contributed by atoms with van der Waals surface area (Å²) in [6.07, 6.45) is 0. The fourth-order valence-electron chi connectivity index (χ4n) is 1.13. The van der Waals surface area contributed by atoms with E-state index in [-0.39, 0.29) is 5.78 Å². The molecule has 0 aromatic carbocycles. The summed E-state index contributed by atoms with van der Waals surface area (Å²) >= 11 is 3.33. The highest BCUT2D eigenvalue weighted by atomic mass is 79.9. The molecule has 0 radical (unpaired) electrons. The number of rotatable bonds is 1. The van der Waals surface area contributed by atoms with Gasteiger partial charge in [-0.3, -0.25) is 9.20 Å². The lowest BCUT2D eigenvalue weighted by Crippen LogP contribution is -2.01. The smallest absolute Gasteiger partial charge is 0.205 e. The Morgan fingerprint density at radius 2 is 2.23 bits per heavy atom. The van der Waals surface area contributed by atoms with Crippen LogP contribution in [0.25, 0.3) is 5.65 Å². The van der Waals surface area contributed by atoms with Crippen molar-refractivity contribution in [2.24, 2.45) is 0 Å². The number of halogens is 1. The Morgan fingerprint density at radius 3 is 2.92 bits per heavy atom. The summed E-state index contributed by atoms with van der Waals surface area (Å²) in [5.41, 5.74) is 0.666. The standard InChI is InChI=1S/C8H6BrN3O/c1-5(13)8-11-10-7-4-2-3-6(9)12(7)8/h2-4H,1H3. The lowest BCUT2D eigenvalue weighted by molar-refractivity contribution is 0.100. The maximum Gasteiger partial charge on any atom is 0.205 e. The predicted octanol–water partition coefficient (Wildman–Crippen LogP) is 1.69. The van der Waals surface area contributed by atoms with Gasteiger partial charge in [0.25, 0.3) is 0 Å². The predicted molar refractivity (Wildman–Crippen MR) is 50.7 cm³/mol. The summed E-state index contributed by atoms with van der Waals surface area (Å²) in [7, 11) is 0. The van der Waals surface area contributed by atoms with Gasteiger partial charge in [-0.05, 0) is 28.1 Å². The van der Waals surface area contributed by atoms with Crippen LogP contribution < -0.4 is 0 Å². The first-order valence-electron chi connectivity index (χ1n) is 3.71. The van der Waals surface area contributed by atoms with Crippen LogP contribution in [0.4, 0.5) is 0 Å². The molecule has 0 aliphatic carbocycles. The third-order valence-electron chi connectivity index (χ3n) is 1.70. The van der Waals surface area contributed by atoms with Crippen LogP contribution in [0, 0.1) is 0 Å². The zero-order valence-corrected chi connectivity index (χ0v) is 8.45. The van der Waals surface area contributed by atoms with Crippen molar-refractivity contribution in [1.29, 1.82) is 0 Å². The number of carbonyl (C=O) groups is 1. The molecule has 66 valence electrons. The summed E-state index contributed by atoms with van der Waals surface area (Å²) in [5, 5.41) is 7.65. The number of hydrogen-bond acceptors (Lipinski definition) is 3. The van der Waals surface area contributed by atoms with Crippen LogP contribution in [0.1, 0.15) is 17.5 Å². The number of hydrogen-bond donors (Lipinski definition) is 0. The molecule has 0 saturated heterocycles. The van der Waals surface area contributed by atoms with Crippen LogP contribution in [-0.2, 0) is 0 Å². The summed E-state index contributed by atoms with van der Waals surface area (Å²) in [5.74, 6) is 0.252. The first-order valence-corrected chi connectivity index (χ1v) is 4.50. The number of aromatic nitrogens is 3. The lowest BCUT2D eigenvalue weighted by Gasteiger charge is -1.97. The van der Waals surface area contributed by atoms with E-state index in [2.05, 4.69) is 26.1 Å². The van der Waals surface area contributed by atoms with Gasteiger partial charge in [-0.15, -0.1) is 10.2 Å². The Bertz CT molecular complexity index is 477. The molecule has 2 rings (SSSR count). The van der Waals surface area contributed by atoms with Crippen LogP contribution in [0.15, 0.2) is 22.8 Å². The fraction of sp³-hybridized carbons (Fsp3) is 0.125. The first kappa shape index (κ1) is 8.37. The zero-order chi connectivity index (χ0) is 9.42. The minimum atomic E-state index is -0.0978. The molecule has 0 atom stereocenters.